The molecule has 0 aliphatic carbocycles. The number of carbonyl (C=O) groups excluding carboxylic acids is 1. The molecule has 1 rings (SSSR count). The minimum absolute atomic E-state index is 0.0967. The second kappa shape index (κ2) is 6.40. The normalized spacial score (nSPS) is 11.1. The van der Waals surface area contributed by atoms with Gasteiger partial charge in [0.25, 0.3) is 0 Å². The van der Waals surface area contributed by atoms with E-state index in [9.17, 15) is 4.79 Å². The van der Waals surface area contributed by atoms with Crippen molar-refractivity contribution in [2.24, 2.45) is 11.1 Å². The van der Waals surface area contributed by atoms with E-state index in [1.54, 1.807) is 11.9 Å². The zero-order valence-electron chi connectivity index (χ0n) is 11.3. The van der Waals surface area contributed by atoms with Crippen LogP contribution in [-0.4, -0.2) is 31.1 Å². The van der Waals surface area contributed by atoms with Crippen molar-refractivity contribution < 1.29 is 9.53 Å². The minimum Gasteiger partial charge on any atom is -0.445 e. The molecule has 1 amide bonds. The van der Waals surface area contributed by atoms with Crippen molar-refractivity contribution in [1.29, 1.82) is 0 Å². The van der Waals surface area contributed by atoms with Crippen molar-refractivity contribution in [3.05, 3.63) is 35.9 Å². The van der Waals surface area contributed by atoms with Gasteiger partial charge >= 0.3 is 6.09 Å². The number of carbonyl (C=O) groups is 1. The van der Waals surface area contributed by atoms with E-state index in [-0.39, 0.29) is 11.5 Å². The Morgan fingerprint density at radius 1 is 1.33 bits per heavy atom. The van der Waals surface area contributed by atoms with Crippen LogP contribution in [-0.2, 0) is 11.3 Å². The summed E-state index contributed by atoms with van der Waals surface area (Å²) in [4.78, 5) is 13.3. The summed E-state index contributed by atoms with van der Waals surface area (Å²) in [6, 6.07) is 9.63. The van der Waals surface area contributed by atoms with Gasteiger partial charge in [-0.3, -0.25) is 0 Å². The summed E-state index contributed by atoms with van der Waals surface area (Å²) in [5, 5.41) is 0. The fourth-order valence-electron chi connectivity index (χ4n) is 1.60. The number of ether oxygens (including phenoxy) is 1. The third kappa shape index (κ3) is 4.75. The molecule has 0 aliphatic rings. The molecule has 0 bridgehead atoms. The maximum atomic E-state index is 11.8. The average Bonchev–Trinajstić information content (AvgIpc) is 2.36. The van der Waals surface area contributed by atoms with Crippen LogP contribution in [0.3, 0.4) is 0 Å². The van der Waals surface area contributed by atoms with E-state index in [4.69, 9.17) is 10.5 Å². The Labute approximate surface area is 109 Å². The molecule has 0 aliphatic heterocycles. The predicted octanol–water partition coefficient (Wildman–Crippen LogP) is 2.24. The van der Waals surface area contributed by atoms with Crippen molar-refractivity contribution >= 4 is 6.09 Å². The molecule has 4 heteroatoms. The number of benzene rings is 1. The summed E-state index contributed by atoms with van der Waals surface area (Å²) in [6.07, 6.45) is -0.319. The molecule has 0 spiro atoms. The molecule has 1 aromatic rings. The van der Waals surface area contributed by atoms with E-state index >= 15 is 0 Å². The summed E-state index contributed by atoms with van der Waals surface area (Å²) >= 11 is 0. The third-order valence-electron chi connectivity index (χ3n) is 2.73. The Hall–Kier alpha value is -1.55. The highest BCUT2D eigenvalue weighted by Crippen LogP contribution is 2.14. The van der Waals surface area contributed by atoms with Gasteiger partial charge in [0.1, 0.15) is 6.61 Å². The maximum Gasteiger partial charge on any atom is 0.409 e. The molecule has 0 fully saturated rings. The van der Waals surface area contributed by atoms with Crippen molar-refractivity contribution in [2.45, 2.75) is 20.5 Å². The quantitative estimate of drug-likeness (QED) is 0.872. The Morgan fingerprint density at radius 3 is 2.50 bits per heavy atom. The van der Waals surface area contributed by atoms with E-state index in [1.165, 1.54) is 0 Å². The Bertz CT molecular complexity index is 377. The molecule has 0 atom stereocenters. The van der Waals surface area contributed by atoms with Crippen LogP contribution in [0.1, 0.15) is 19.4 Å². The maximum absolute atomic E-state index is 11.8. The molecular formula is C14H22N2O2. The number of amides is 1. The van der Waals surface area contributed by atoms with Gasteiger partial charge < -0.3 is 15.4 Å². The van der Waals surface area contributed by atoms with E-state index in [1.807, 2.05) is 44.2 Å². The number of rotatable bonds is 5. The van der Waals surface area contributed by atoms with Crippen molar-refractivity contribution in [3.63, 3.8) is 0 Å². The molecule has 18 heavy (non-hydrogen) atoms. The summed E-state index contributed by atoms with van der Waals surface area (Å²) < 4.78 is 5.23. The average molecular weight is 250 g/mol. The fourth-order valence-corrected chi connectivity index (χ4v) is 1.60. The summed E-state index contributed by atoms with van der Waals surface area (Å²) in [5.74, 6) is 0. The number of hydrogen-bond donors (Lipinski definition) is 1. The summed E-state index contributed by atoms with van der Waals surface area (Å²) in [6.45, 7) is 5.45. The Kier molecular flexibility index (Phi) is 5.16. The second-order valence-corrected chi connectivity index (χ2v) is 5.26. The lowest BCUT2D eigenvalue weighted by atomic mass is 9.93. The molecule has 2 N–H and O–H groups in total. The molecule has 4 nitrogen and oxygen atoms in total. The van der Waals surface area contributed by atoms with Crippen LogP contribution in [0.15, 0.2) is 30.3 Å². The molecule has 0 saturated carbocycles. The first-order valence-corrected chi connectivity index (χ1v) is 6.06. The van der Waals surface area contributed by atoms with Gasteiger partial charge in [-0.05, 0) is 17.5 Å². The van der Waals surface area contributed by atoms with Gasteiger partial charge in [-0.15, -0.1) is 0 Å². The summed E-state index contributed by atoms with van der Waals surface area (Å²) in [7, 11) is 1.73. The molecule has 0 radical (unpaired) electrons. The Balaban J connectivity index is 2.41. The van der Waals surface area contributed by atoms with Crippen molar-refractivity contribution in [3.8, 4) is 0 Å². The SMILES string of the molecule is CN(CC(C)(C)CN)C(=O)OCc1ccccc1. The van der Waals surface area contributed by atoms with Crippen LogP contribution in [0.2, 0.25) is 0 Å². The van der Waals surface area contributed by atoms with Gasteiger partial charge in [0.15, 0.2) is 0 Å². The molecule has 0 unspecified atom stereocenters. The molecule has 0 heterocycles. The highest BCUT2D eigenvalue weighted by Gasteiger charge is 2.21. The van der Waals surface area contributed by atoms with Crippen LogP contribution < -0.4 is 5.73 Å². The molecule has 1 aromatic carbocycles. The van der Waals surface area contributed by atoms with Crippen molar-refractivity contribution in [1.82, 2.24) is 4.90 Å². The first-order chi connectivity index (χ1) is 8.44. The highest BCUT2D eigenvalue weighted by molar-refractivity contribution is 5.67. The van der Waals surface area contributed by atoms with E-state index in [2.05, 4.69) is 0 Å². The lowest BCUT2D eigenvalue weighted by molar-refractivity contribution is 0.0924. The predicted molar refractivity (Wildman–Crippen MR) is 72.1 cm³/mol. The standard InChI is InChI=1S/C14H22N2O2/c1-14(2,10-15)11-16(3)13(17)18-9-12-7-5-4-6-8-12/h4-8H,9-11,15H2,1-3H3. The monoisotopic (exact) mass is 250 g/mol. The van der Waals surface area contributed by atoms with Gasteiger partial charge in [-0.1, -0.05) is 44.2 Å². The Morgan fingerprint density at radius 2 is 1.94 bits per heavy atom. The third-order valence-corrected chi connectivity index (χ3v) is 2.73. The molecule has 0 saturated heterocycles. The lowest BCUT2D eigenvalue weighted by Crippen LogP contribution is -2.39. The van der Waals surface area contributed by atoms with E-state index < -0.39 is 0 Å². The molecule has 100 valence electrons. The first kappa shape index (κ1) is 14.5. The highest BCUT2D eigenvalue weighted by atomic mass is 16.6. The zero-order chi connectivity index (χ0) is 13.6. The number of nitrogens with two attached hydrogens (primary N) is 1. The summed E-state index contributed by atoms with van der Waals surface area (Å²) in [5.41, 5.74) is 6.53. The van der Waals surface area contributed by atoms with Gasteiger partial charge in [-0.25, -0.2) is 4.79 Å². The molecule has 0 aromatic heterocycles. The van der Waals surface area contributed by atoms with Crippen LogP contribution in [0.25, 0.3) is 0 Å². The molecular weight excluding hydrogens is 228 g/mol. The van der Waals surface area contributed by atoms with Gasteiger partial charge in [-0.2, -0.15) is 0 Å². The smallest absolute Gasteiger partial charge is 0.409 e. The topological polar surface area (TPSA) is 55.6 Å². The minimum atomic E-state index is -0.319. The fraction of sp³-hybridized carbons (Fsp3) is 0.500. The van der Waals surface area contributed by atoms with E-state index in [0.717, 1.165) is 5.56 Å². The lowest BCUT2D eigenvalue weighted by Gasteiger charge is -2.28. The van der Waals surface area contributed by atoms with Gasteiger partial charge in [0, 0.05) is 13.6 Å². The van der Waals surface area contributed by atoms with Gasteiger partial charge in [0.2, 0.25) is 0 Å². The van der Waals surface area contributed by atoms with E-state index in [0.29, 0.717) is 19.7 Å². The zero-order valence-corrected chi connectivity index (χ0v) is 11.3. The second-order valence-electron chi connectivity index (χ2n) is 5.26. The number of hydrogen-bond acceptors (Lipinski definition) is 3. The number of nitrogens with zero attached hydrogens (tertiary/aromatic N) is 1. The largest absolute Gasteiger partial charge is 0.445 e. The van der Waals surface area contributed by atoms with Crippen LogP contribution in [0.5, 0.6) is 0 Å². The first-order valence-electron chi connectivity index (χ1n) is 6.06. The van der Waals surface area contributed by atoms with Gasteiger partial charge in [0.05, 0.1) is 0 Å². The van der Waals surface area contributed by atoms with Crippen LogP contribution >= 0.6 is 0 Å². The van der Waals surface area contributed by atoms with Crippen molar-refractivity contribution in [2.75, 3.05) is 20.1 Å². The van der Waals surface area contributed by atoms with Crippen LogP contribution in [0.4, 0.5) is 4.79 Å². The van der Waals surface area contributed by atoms with Crippen LogP contribution in [0, 0.1) is 5.41 Å².